The molecule has 0 heteroatoms. The standard InChI is InChI=1S/C12H18/c1-10-6-4-2-3-5-7-11-8-9-12(10)11/h2-3,11-12H,1,4-9H2/b3-2-. The molecule has 66 valence electrons. The number of allylic oxidation sites excluding steroid dienone is 3. The normalized spacial score (nSPS) is 38.5. The molecule has 0 bridgehead atoms. The maximum atomic E-state index is 4.21. The molecule has 2 aliphatic rings. The minimum absolute atomic E-state index is 0.893. The highest BCUT2D eigenvalue weighted by Gasteiger charge is 2.31. The van der Waals surface area contributed by atoms with E-state index in [1.54, 1.807) is 0 Å². The van der Waals surface area contributed by atoms with Gasteiger partial charge in [0.25, 0.3) is 0 Å². The van der Waals surface area contributed by atoms with Crippen molar-refractivity contribution in [1.82, 2.24) is 0 Å². The molecule has 2 rings (SSSR count). The van der Waals surface area contributed by atoms with E-state index in [2.05, 4.69) is 18.7 Å². The van der Waals surface area contributed by atoms with Gasteiger partial charge in [0.2, 0.25) is 0 Å². The molecule has 0 saturated heterocycles. The van der Waals surface area contributed by atoms with Crippen LogP contribution in [-0.2, 0) is 0 Å². The van der Waals surface area contributed by atoms with E-state index in [-0.39, 0.29) is 0 Å². The molecule has 12 heavy (non-hydrogen) atoms. The van der Waals surface area contributed by atoms with Crippen LogP contribution < -0.4 is 0 Å². The fourth-order valence-electron chi connectivity index (χ4n) is 2.45. The molecule has 0 nitrogen and oxygen atoms in total. The lowest BCUT2D eigenvalue weighted by atomic mass is 9.67. The van der Waals surface area contributed by atoms with Crippen LogP contribution in [0, 0.1) is 11.8 Å². The summed E-state index contributed by atoms with van der Waals surface area (Å²) in [6.45, 7) is 4.21. The first-order valence-electron chi connectivity index (χ1n) is 5.20. The van der Waals surface area contributed by atoms with Gasteiger partial charge in [-0.15, -0.1) is 0 Å². The van der Waals surface area contributed by atoms with Gasteiger partial charge >= 0.3 is 0 Å². The van der Waals surface area contributed by atoms with Crippen molar-refractivity contribution in [3.05, 3.63) is 24.3 Å². The van der Waals surface area contributed by atoms with Crippen molar-refractivity contribution in [2.45, 2.75) is 38.5 Å². The first kappa shape index (κ1) is 8.10. The highest BCUT2D eigenvalue weighted by Crippen LogP contribution is 2.43. The van der Waals surface area contributed by atoms with Crippen molar-refractivity contribution in [3.63, 3.8) is 0 Å². The van der Waals surface area contributed by atoms with Crippen molar-refractivity contribution in [2.24, 2.45) is 11.8 Å². The Labute approximate surface area is 75.4 Å². The van der Waals surface area contributed by atoms with E-state index >= 15 is 0 Å². The van der Waals surface area contributed by atoms with Gasteiger partial charge in [-0.05, 0) is 50.4 Å². The molecule has 1 fully saturated rings. The fourth-order valence-corrected chi connectivity index (χ4v) is 2.45. The van der Waals surface area contributed by atoms with Gasteiger partial charge < -0.3 is 0 Å². The first-order valence-corrected chi connectivity index (χ1v) is 5.20. The summed E-state index contributed by atoms with van der Waals surface area (Å²) in [5.74, 6) is 1.88. The number of hydrogen-bond donors (Lipinski definition) is 0. The third-order valence-electron chi connectivity index (χ3n) is 3.44. The molecular formula is C12H18. The van der Waals surface area contributed by atoms with E-state index in [4.69, 9.17) is 0 Å². The highest BCUT2D eigenvalue weighted by molar-refractivity contribution is 5.09. The molecule has 0 spiro atoms. The summed E-state index contributed by atoms with van der Waals surface area (Å²) < 4.78 is 0. The zero-order valence-corrected chi connectivity index (χ0v) is 7.76. The number of fused-ring (bicyclic) bond motifs is 1. The third kappa shape index (κ3) is 1.48. The van der Waals surface area contributed by atoms with Crippen LogP contribution in [-0.4, -0.2) is 0 Å². The molecule has 0 aromatic heterocycles. The van der Waals surface area contributed by atoms with Crippen molar-refractivity contribution >= 4 is 0 Å². The second-order valence-corrected chi connectivity index (χ2v) is 4.19. The molecule has 0 radical (unpaired) electrons. The van der Waals surface area contributed by atoms with Gasteiger partial charge in [0, 0.05) is 0 Å². The average Bonchev–Trinajstić information content (AvgIpc) is 2.03. The van der Waals surface area contributed by atoms with Crippen LogP contribution in [0.1, 0.15) is 38.5 Å². The van der Waals surface area contributed by atoms with Gasteiger partial charge in [0.1, 0.15) is 0 Å². The summed E-state index contributed by atoms with van der Waals surface area (Å²) in [5.41, 5.74) is 1.53. The van der Waals surface area contributed by atoms with Crippen LogP contribution in [0.4, 0.5) is 0 Å². The zero-order chi connectivity index (χ0) is 8.39. The summed E-state index contributed by atoms with van der Waals surface area (Å²) in [5, 5.41) is 0. The third-order valence-corrected chi connectivity index (χ3v) is 3.44. The molecule has 0 aromatic rings. The van der Waals surface area contributed by atoms with E-state index in [1.807, 2.05) is 0 Å². The molecule has 0 aromatic carbocycles. The summed E-state index contributed by atoms with van der Waals surface area (Å²) in [6, 6.07) is 0. The molecule has 2 atom stereocenters. The van der Waals surface area contributed by atoms with E-state index in [9.17, 15) is 0 Å². The predicted octanol–water partition coefficient (Wildman–Crippen LogP) is 3.70. The number of hydrogen-bond acceptors (Lipinski definition) is 0. The van der Waals surface area contributed by atoms with Crippen molar-refractivity contribution in [3.8, 4) is 0 Å². The van der Waals surface area contributed by atoms with Gasteiger partial charge in [-0.2, -0.15) is 0 Å². The Hall–Kier alpha value is -0.520. The quantitative estimate of drug-likeness (QED) is 0.476. The second kappa shape index (κ2) is 3.47. The Morgan fingerprint density at radius 3 is 2.67 bits per heavy atom. The van der Waals surface area contributed by atoms with E-state index in [0.29, 0.717) is 0 Å². The average molecular weight is 162 g/mol. The fraction of sp³-hybridized carbons (Fsp3) is 0.667. The lowest BCUT2D eigenvalue weighted by Gasteiger charge is -2.38. The van der Waals surface area contributed by atoms with E-state index in [0.717, 1.165) is 11.8 Å². The Morgan fingerprint density at radius 2 is 1.92 bits per heavy atom. The van der Waals surface area contributed by atoms with Crippen LogP contribution >= 0.6 is 0 Å². The van der Waals surface area contributed by atoms with Crippen molar-refractivity contribution < 1.29 is 0 Å². The zero-order valence-electron chi connectivity index (χ0n) is 7.76. The van der Waals surface area contributed by atoms with Crippen LogP contribution in [0.3, 0.4) is 0 Å². The molecular weight excluding hydrogens is 144 g/mol. The van der Waals surface area contributed by atoms with Crippen molar-refractivity contribution in [2.75, 3.05) is 0 Å². The van der Waals surface area contributed by atoms with Gasteiger partial charge in [-0.1, -0.05) is 24.3 Å². The lowest BCUT2D eigenvalue weighted by molar-refractivity contribution is 0.199. The molecule has 2 unspecified atom stereocenters. The van der Waals surface area contributed by atoms with Crippen LogP contribution in [0.5, 0.6) is 0 Å². The Kier molecular flexibility index (Phi) is 2.34. The molecule has 1 saturated carbocycles. The van der Waals surface area contributed by atoms with Gasteiger partial charge in [-0.3, -0.25) is 0 Å². The Morgan fingerprint density at radius 1 is 1.08 bits per heavy atom. The lowest BCUT2D eigenvalue weighted by Crippen LogP contribution is -2.26. The summed E-state index contributed by atoms with van der Waals surface area (Å²) in [6.07, 6.45) is 12.7. The number of rotatable bonds is 0. The summed E-state index contributed by atoms with van der Waals surface area (Å²) >= 11 is 0. The largest absolute Gasteiger partial charge is 0.0996 e. The monoisotopic (exact) mass is 162 g/mol. The van der Waals surface area contributed by atoms with Crippen LogP contribution in [0.15, 0.2) is 24.3 Å². The molecule has 0 amide bonds. The Balaban J connectivity index is 2.00. The van der Waals surface area contributed by atoms with Crippen molar-refractivity contribution in [1.29, 1.82) is 0 Å². The van der Waals surface area contributed by atoms with Crippen LogP contribution in [0.25, 0.3) is 0 Å². The molecule has 0 aliphatic heterocycles. The SMILES string of the molecule is C=C1CC/C=C\CCC2CCC12. The summed E-state index contributed by atoms with van der Waals surface area (Å²) in [7, 11) is 0. The Bertz CT molecular complexity index is 200. The molecule has 0 N–H and O–H groups in total. The smallest absolute Gasteiger partial charge is 0.0177 e. The van der Waals surface area contributed by atoms with E-state index in [1.165, 1.54) is 44.1 Å². The van der Waals surface area contributed by atoms with Gasteiger partial charge in [-0.25, -0.2) is 0 Å². The van der Waals surface area contributed by atoms with Gasteiger partial charge in [0.15, 0.2) is 0 Å². The highest BCUT2D eigenvalue weighted by atomic mass is 14.4. The molecule has 0 heterocycles. The maximum Gasteiger partial charge on any atom is -0.0177 e. The minimum Gasteiger partial charge on any atom is -0.0996 e. The first-order chi connectivity index (χ1) is 5.88. The van der Waals surface area contributed by atoms with E-state index < -0.39 is 0 Å². The predicted molar refractivity (Wildman–Crippen MR) is 53.0 cm³/mol. The van der Waals surface area contributed by atoms with Gasteiger partial charge in [0.05, 0.1) is 0 Å². The topological polar surface area (TPSA) is 0 Å². The second-order valence-electron chi connectivity index (χ2n) is 4.19. The van der Waals surface area contributed by atoms with Crippen LogP contribution in [0.2, 0.25) is 0 Å². The summed E-state index contributed by atoms with van der Waals surface area (Å²) in [4.78, 5) is 0. The maximum absolute atomic E-state index is 4.21. The molecule has 2 aliphatic carbocycles. The minimum atomic E-state index is 0.893.